The van der Waals surface area contributed by atoms with Gasteiger partial charge < -0.3 is 16.2 Å². The molecule has 0 aliphatic rings. The summed E-state index contributed by atoms with van der Waals surface area (Å²) < 4.78 is 0. The van der Waals surface area contributed by atoms with Crippen LogP contribution in [0.3, 0.4) is 0 Å². The zero-order chi connectivity index (χ0) is 13.2. The van der Waals surface area contributed by atoms with Crippen molar-refractivity contribution in [3.63, 3.8) is 0 Å². The monoisotopic (exact) mass is 256 g/mol. The van der Waals surface area contributed by atoms with Crippen molar-refractivity contribution < 1.29 is 9.90 Å². The van der Waals surface area contributed by atoms with Gasteiger partial charge in [-0.05, 0) is 23.6 Å². The Bertz CT molecular complexity index is 427. The van der Waals surface area contributed by atoms with E-state index in [1.54, 1.807) is 6.07 Å². The zero-order valence-corrected chi connectivity index (χ0v) is 10.9. The summed E-state index contributed by atoms with van der Waals surface area (Å²) in [4.78, 5) is 11.8. The lowest BCUT2D eigenvalue weighted by Gasteiger charge is -2.25. The first-order valence-electron chi connectivity index (χ1n) is 5.27. The Balaban J connectivity index is 2.78. The minimum absolute atomic E-state index is 0.0233. The van der Waals surface area contributed by atoms with Crippen LogP contribution in [0.2, 0.25) is 5.02 Å². The first-order valence-corrected chi connectivity index (χ1v) is 5.64. The molecule has 0 spiro atoms. The molecule has 1 aromatic rings. The number of carbonyl (C=O) groups excluding carboxylic acids is 1. The number of aromatic hydroxyl groups is 1. The third-order valence-corrected chi connectivity index (χ3v) is 2.73. The van der Waals surface area contributed by atoms with E-state index < -0.39 is 6.04 Å². The Hall–Kier alpha value is -1.26. The summed E-state index contributed by atoms with van der Waals surface area (Å²) in [6, 6.07) is 3.84. The van der Waals surface area contributed by atoms with Crippen molar-refractivity contribution in [1.82, 2.24) is 0 Å². The van der Waals surface area contributed by atoms with Crippen LogP contribution in [0.4, 0.5) is 5.69 Å². The lowest BCUT2D eigenvalue weighted by atomic mass is 9.87. The van der Waals surface area contributed by atoms with Crippen LogP contribution in [0.1, 0.15) is 20.8 Å². The minimum Gasteiger partial charge on any atom is -0.506 e. The fourth-order valence-electron chi connectivity index (χ4n) is 1.20. The highest BCUT2D eigenvalue weighted by atomic mass is 35.5. The smallest absolute Gasteiger partial charge is 0.241 e. The van der Waals surface area contributed by atoms with Crippen molar-refractivity contribution in [3.8, 4) is 5.75 Å². The van der Waals surface area contributed by atoms with E-state index in [0.29, 0.717) is 5.69 Å². The van der Waals surface area contributed by atoms with Crippen LogP contribution in [-0.2, 0) is 4.79 Å². The highest BCUT2D eigenvalue weighted by Crippen LogP contribution is 2.26. The van der Waals surface area contributed by atoms with Gasteiger partial charge in [-0.15, -0.1) is 0 Å². The van der Waals surface area contributed by atoms with Crippen LogP contribution in [0, 0.1) is 5.41 Å². The second-order valence-electron chi connectivity index (χ2n) is 5.00. The van der Waals surface area contributed by atoms with E-state index in [0.717, 1.165) is 0 Å². The van der Waals surface area contributed by atoms with Crippen molar-refractivity contribution in [2.75, 3.05) is 5.32 Å². The number of phenolic OH excluding ortho intramolecular Hbond substituents is 1. The average Bonchev–Trinajstić information content (AvgIpc) is 2.21. The Kier molecular flexibility index (Phi) is 4.01. The number of anilines is 1. The molecule has 1 atom stereocenters. The van der Waals surface area contributed by atoms with Gasteiger partial charge in [0, 0.05) is 5.69 Å². The highest BCUT2D eigenvalue weighted by molar-refractivity contribution is 6.32. The van der Waals surface area contributed by atoms with E-state index in [4.69, 9.17) is 17.3 Å². The summed E-state index contributed by atoms with van der Waals surface area (Å²) in [6.45, 7) is 5.67. The second kappa shape index (κ2) is 4.94. The summed E-state index contributed by atoms with van der Waals surface area (Å²) >= 11 is 5.73. The van der Waals surface area contributed by atoms with E-state index in [2.05, 4.69) is 5.32 Å². The summed E-state index contributed by atoms with van der Waals surface area (Å²) in [6.07, 6.45) is 0. The van der Waals surface area contributed by atoms with Gasteiger partial charge in [-0.3, -0.25) is 4.79 Å². The highest BCUT2D eigenvalue weighted by Gasteiger charge is 2.27. The number of halogens is 1. The number of amides is 1. The molecule has 4 N–H and O–H groups in total. The maximum absolute atomic E-state index is 11.8. The van der Waals surface area contributed by atoms with Crippen LogP contribution in [0.5, 0.6) is 5.75 Å². The molecule has 94 valence electrons. The largest absolute Gasteiger partial charge is 0.506 e. The van der Waals surface area contributed by atoms with Crippen molar-refractivity contribution in [2.24, 2.45) is 11.1 Å². The number of phenols is 1. The van der Waals surface area contributed by atoms with Crippen LogP contribution >= 0.6 is 11.6 Å². The van der Waals surface area contributed by atoms with Crippen molar-refractivity contribution in [2.45, 2.75) is 26.8 Å². The van der Waals surface area contributed by atoms with Gasteiger partial charge in [-0.2, -0.15) is 0 Å². The average molecular weight is 257 g/mol. The van der Waals surface area contributed by atoms with Gasteiger partial charge >= 0.3 is 0 Å². The predicted molar refractivity (Wildman–Crippen MR) is 69.2 cm³/mol. The molecule has 5 heteroatoms. The fraction of sp³-hybridized carbons (Fsp3) is 0.417. The number of nitrogens with two attached hydrogens (primary N) is 1. The molecule has 17 heavy (non-hydrogen) atoms. The summed E-state index contributed by atoms with van der Waals surface area (Å²) in [5.41, 5.74) is 6.01. The van der Waals surface area contributed by atoms with E-state index >= 15 is 0 Å². The lowest BCUT2D eigenvalue weighted by molar-refractivity contribution is -0.119. The van der Waals surface area contributed by atoms with Crippen LogP contribution in [-0.4, -0.2) is 17.1 Å². The topological polar surface area (TPSA) is 75.4 Å². The van der Waals surface area contributed by atoms with Gasteiger partial charge in [0.15, 0.2) is 0 Å². The molecule has 0 saturated heterocycles. The Labute approximate surface area is 106 Å². The number of nitrogens with one attached hydrogen (secondary N) is 1. The molecule has 0 unspecified atom stereocenters. The third-order valence-electron chi connectivity index (χ3n) is 2.43. The number of benzene rings is 1. The molecular weight excluding hydrogens is 240 g/mol. The first-order chi connectivity index (χ1) is 7.71. The van der Waals surface area contributed by atoms with Gasteiger partial charge in [-0.1, -0.05) is 32.4 Å². The van der Waals surface area contributed by atoms with Crippen molar-refractivity contribution in [3.05, 3.63) is 23.2 Å². The first kappa shape index (κ1) is 13.8. The van der Waals surface area contributed by atoms with E-state index in [-0.39, 0.29) is 22.1 Å². The lowest BCUT2D eigenvalue weighted by Crippen LogP contribution is -2.45. The molecular formula is C12H17ClN2O2. The molecule has 1 amide bonds. The summed E-state index contributed by atoms with van der Waals surface area (Å²) in [5, 5.41) is 12.1. The Morgan fingerprint density at radius 1 is 1.47 bits per heavy atom. The Morgan fingerprint density at radius 2 is 2.06 bits per heavy atom. The third kappa shape index (κ3) is 3.61. The quantitative estimate of drug-likeness (QED) is 0.711. The normalized spacial score (nSPS) is 13.2. The Morgan fingerprint density at radius 3 is 2.53 bits per heavy atom. The second-order valence-corrected chi connectivity index (χ2v) is 5.41. The molecule has 0 fully saturated rings. The number of rotatable bonds is 2. The number of hydrogen-bond acceptors (Lipinski definition) is 3. The molecule has 0 aliphatic carbocycles. The van der Waals surface area contributed by atoms with Gasteiger partial charge in [0.25, 0.3) is 0 Å². The summed E-state index contributed by atoms with van der Waals surface area (Å²) in [5.74, 6) is -0.302. The van der Waals surface area contributed by atoms with E-state index in [1.165, 1.54) is 12.1 Å². The van der Waals surface area contributed by atoms with Crippen LogP contribution < -0.4 is 11.1 Å². The van der Waals surface area contributed by atoms with Crippen LogP contribution in [0.25, 0.3) is 0 Å². The molecule has 0 bridgehead atoms. The zero-order valence-electron chi connectivity index (χ0n) is 10.1. The van der Waals surface area contributed by atoms with Gasteiger partial charge in [0.2, 0.25) is 5.91 Å². The van der Waals surface area contributed by atoms with Crippen LogP contribution in [0.15, 0.2) is 18.2 Å². The maximum Gasteiger partial charge on any atom is 0.241 e. The predicted octanol–water partition coefficient (Wildman–Crippen LogP) is 2.36. The molecule has 0 aliphatic heterocycles. The van der Waals surface area contributed by atoms with E-state index in [1.807, 2.05) is 20.8 Å². The summed E-state index contributed by atoms with van der Waals surface area (Å²) in [7, 11) is 0. The molecule has 4 nitrogen and oxygen atoms in total. The van der Waals surface area contributed by atoms with Crippen molar-refractivity contribution >= 4 is 23.2 Å². The molecule has 0 heterocycles. The standard InChI is InChI=1S/C12H17ClN2O2/c1-12(2,3)10(14)11(17)15-7-4-5-9(16)8(13)6-7/h4-6,10,16H,14H2,1-3H3,(H,15,17)/t10-/m0/s1. The van der Waals surface area contributed by atoms with Gasteiger partial charge in [-0.25, -0.2) is 0 Å². The molecule has 1 rings (SSSR count). The molecule has 0 saturated carbocycles. The van der Waals surface area contributed by atoms with Gasteiger partial charge in [0.1, 0.15) is 5.75 Å². The number of hydrogen-bond donors (Lipinski definition) is 3. The van der Waals surface area contributed by atoms with E-state index in [9.17, 15) is 9.90 Å². The number of carbonyl (C=O) groups is 1. The SMILES string of the molecule is CC(C)(C)[C@@H](N)C(=O)Nc1ccc(O)c(Cl)c1. The molecule has 0 aromatic heterocycles. The minimum atomic E-state index is -0.616. The fourth-order valence-corrected chi connectivity index (χ4v) is 1.38. The molecule has 1 aromatic carbocycles. The maximum atomic E-state index is 11.8. The van der Waals surface area contributed by atoms with Gasteiger partial charge in [0.05, 0.1) is 11.1 Å². The van der Waals surface area contributed by atoms with Crippen molar-refractivity contribution in [1.29, 1.82) is 0 Å². The molecule has 0 radical (unpaired) electrons.